The highest BCUT2D eigenvalue weighted by molar-refractivity contribution is 8.00. The van der Waals surface area contributed by atoms with Crippen LogP contribution in [0.1, 0.15) is 32.6 Å². The molecular weight excluding hydrogens is 304 g/mol. The number of sulfonamides is 1. The predicted molar refractivity (Wildman–Crippen MR) is 89.9 cm³/mol. The summed E-state index contributed by atoms with van der Waals surface area (Å²) in [6, 6.07) is 7.53. The van der Waals surface area contributed by atoms with Crippen molar-refractivity contribution in [3.05, 3.63) is 24.3 Å². The van der Waals surface area contributed by atoms with Gasteiger partial charge < -0.3 is 5.73 Å². The Morgan fingerprint density at radius 3 is 2.62 bits per heavy atom. The Hall–Kier alpha value is -0.720. The molecule has 0 spiro atoms. The second kappa shape index (κ2) is 7.03. The molecule has 0 amide bonds. The zero-order chi connectivity index (χ0) is 15.3. The summed E-state index contributed by atoms with van der Waals surface area (Å²) in [6.07, 6.45) is 4.55. The minimum atomic E-state index is -3.20. The van der Waals surface area contributed by atoms with E-state index in [2.05, 4.69) is 11.6 Å². The molecule has 0 atom stereocenters. The maximum Gasteiger partial charge on any atom is 0.212 e. The Morgan fingerprint density at radius 2 is 2.05 bits per heavy atom. The van der Waals surface area contributed by atoms with Crippen LogP contribution in [0.2, 0.25) is 0 Å². The average Bonchev–Trinajstić information content (AvgIpc) is 2.40. The molecule has 1 fully saturated rings. The van der Waals surface area contributed by atoms with Gasteiger partial charge in [-0.05, 0) is 36.8 Å². The van der Waals surface area contributed by atoms with Gasteiger partial charge in [0.2, 0.25) is 10.0 Å². The second-order valence-electron chi connectivity index (χ2n) is 5.73. The summed E-state index contributed by atoms with van der Waals surface area (Å²) in [7, 11) is -3.20. The van der Waals surface area contributed by atoms with E-state index in [0.717, 1.165) is 24.2 Å². The number of hydrogen-bond acceptors (Lipinski definition) is 4. The Balaban J connectivity index is 1.78. The predicted octanol–water partition coefficient (Wildman–Crippen LogP) is 2.86. The number of thioether (sulfide) groups is 1. The molecule has 0 aromatic heterocycles. The molecule has 0 heterocycles. The van der Waals surface area contributed by atoms with Gasteiger partial charge in [-0.25, -0.2) is 13.1 Å². The van der Waals surface area contributed by atoms with Gasteiger partial charge >= 0.3 is 0 Å². The first-order valence-corrected chi connectivity index (χ1v) is 10.0. The molecule has 2 rings (SSSR count). The number of nitrogens with two attached hydrogens (primary N) is 1. The van der Waals surface area contributed by atoms with Crippen molar-refractivity contribution in [2.24, 2.45) is 5.41 Å². The van der Waals surface area contributed by atoms with E-state index in [1.54, 1.807) is 0 Å². The standard InChI is InChI=1S/C15H24N2O2S2/c1-2-15(8-5-9-15)12-17-21(18,19)11-10-20-14-7-4-3-6-13(14)16/h3-4,6-7,17H,2,5,8-12,16H2,1H3. The summed E-state index contributed by atoms with van der Waals surface area (Å²) in [5.41, 5.74) is 6.76. The van der Waals surface area contributed by atoms with Crippen molar-refractivity contribution in [1.29, 1.82) is 0 Å². The lowest BCUT2D eigenvalue weighted by molar-refractivity contribution is 0.133. The van der Waals surface area contributed by atoms with Gasteiger partial charge in [0.05, 0.1) is 5.75 Å². The van der Waals surface area contributed by atoms with Crippen LogP contribution in [0.3, 0.4) is 0 Å². The number of benzene rings is 1. The zero-order valence-corrected chi connectivity index (χ0v) is 14.1. The lowest BCUT2D eigenvalue weighted by atomic mass is 9.67. The van der Waals surface area contributed by atoms with E-state index in [1.165, 1.54) is 18.2 Å². The van der Waals surface area contributed by atoms with Crippen LogP contribution in [0.5, 0.6) is 0 Å². The fourth-order valence-corrected chi connectivity index (χ4v) is 5.05. The topological polar surface area (TPSA) is 72.2 Å². The third-order valence-electron chi connectivity index (χ3n) is 4.36. The van der Waals surface area contributed by atoms with E-state index in [1.807, 2.05) is 24.3 Å². The molecule has 0 unspecified atom stereocenters. The molecule has 4 nitrogen and oxygen atoms in total. The molecule has 1 saturated carbocycles. The van der Waals surface area contributed by atoms with Crippen LogP contribution in [0.25, 0.3) is 0 Å². The van der Waals surface area contributed by atoms with E-state index < -0.39 is 10.0 Å². The van der Waals surface area contributed by atoms with Crippen LogP contribution in [0.15, 0.2) is 29.2 Å². The van der Waals surface area contributed by atoms with Crippen molar-refractivity contribution in [1.82, 2.24) is 4.72 Å². The summed E-state index contributed by atoms with van der Waals surface area (Å²) in [4.78, 5) is 0.941. The highest BCUT2D eigenvalue weighted by atomic mass is 32.2. The minimum Gasteiger partial charge on any atom is -0.398 e. The van der Waals surface area contributed by atoms with E-state index in [0.29, 0.717) is 18.0 Å². The molecule has 0 radical (unpaired) electrons. The molecule has 1 aliphatic rings. The highest BCUT2D eigenvalue weighted by Crippen LogP contribution is 2.43. The fraction of sp³-hybridized carbons (Fsp3) is 0.600. The lowest BCUT2D eigenvalue weighted by Crippen LogP contribution is -2.42. The lowest BCUT2D eigenvalue weighted by Gasteiger charge is -2.41. The number of nitrogen functional groups attached to an aromatic ring is 1. The summed E-state index contributed by atoms with van der Waals surface area (Å²) >= 11 is 1.49. The SMILES string of the molecule is CCC1(CNS(=O)(=O)CCSc2ccccc2N)CCC1. The number of hydrogen-bond donors (Lipinski definition) is 2. The van der Waals surface area contributed by atoms with Crippen molar-refractivity contribution in [3.8, 4) is 0 Å². The molecule has 6 heteroatoms. The van der Waals surface area contributed by atoms with Crippen LogP contribution in [0.4, 0.5) is 5.69 Å². The van der Waals surface area contributed by atoms with Crippen LogP contribution in [-0.4, -0.2) is 26.5 Å². The summed E-state index contributed by atoms with van der Waals surface area (Å²) in [6.45, 7) is 2.73. The van der Waals surface area contributed by atoms with E-state index in [-0.39, 0.29) is 11.2 Å². The first kappa shape index (κ1) is 16.6. The van der Waals surface area contributed by atoms with Gasteiger partial charge in [0.1, 0.15) is 0 Å². The molecule has 3 N–H and O–H groups in total. The van der Waals surface area contributed by atoms with Gasteiger partial charge in [0.25, 0.3) is 0 Å². The van der Waals surface area contributed by atoms with Gasteiger partial charge in [-0.1, -0.05) is 25.5 Å². The first-order chi connectivity index (χ1) is 9.96. The third kappa shape index (κ3) is 4.63. The molecule has 0 saturated heterocycles. The molecule has 0 aliphatic heterocycles. The average molecular weight is 329 g/mol. The van der Waals surface area contributed by atoms with Crippen LogP contribution in [-0.2, 0) is 10.0 Å². The quantitative estimate of drug-likeness (QED) is 0.568. The van der Waals surface area contributed by atoms with Crippen molar-refractivity contribution >= 4 is 27.5 Å². The number of nitrogens with one attached hydrogen (secondary N) is 1. The number of anilines is 1. The van der Waals surface area contributed by atoms with E-state index in [4.69, 9.17) is 5.73 Å². The molecular formula is C15H24N2O2S2. The molecule has 1 aromatic rings. The van der Waals surface area contributed by atoms with Crippen molar-refractivity contribution < 1.29 is 8.42 Å². The van der Waals surface area contributed by atoms with Crippen LogP contribution >= 0.6 is 11.8 Å². The zero-order valence-electron chi connectivity index (χ0n) is 12.5. The van der Waals surface area contributed by atoms with Gasteiger partial charge in [0, 0.05) is 22.9 Å². The largest absolute Gasteiger partial charge is 0.398 e. The Kier molecular flexibility index (Phi) is 5.57. The molecule has 0 bridgehead atoms. The Labute approximate surface area is 131 Å². The Bertz CT molecular complexity index is 563. The second-order valence-corrected chi connectivity index (χ2v) is 8.80. The van der Waals surface area contributed by atoms with Crippen LogP contribution in [0, 0.1) is 5.41 Å². The van der Waals surface area contributed by atoms with Crippen LogP contribution < -0.4 is 10.5 Å². The summed E-state index contributed by atoms with van der Waals surface area (Å²) < 4.78 is 26.9. The smallest absolute Gasteiger partial charge is 0.212 e. The van der Waals surface area contributed by atoms with Gasteiger partial charge in [-0.2, -0.15) is 0 Å². The normalized spacial score (nSPS) is 17.4. The van der Waals surface area contributed by atoms with E-state index >= 15 is 0 Å². The number of para-hydroxylation sites is 1. The van der Waals surface area contributed by atoms with Gasteiger partial charge in [-0.15, -0.1) is 11.8 Å². The molecule has 21 heavy (non-hydrogen) atoms. The maximum atomic E-state index is 12.1. The minimum absolute atomic E-state index is 0.131. The summed E-state index contributed by atoms with van der Waals surface area (Å²) in [5, 5.41) is 0. The fourth-order valence-electron chi connectivity index (χ4n) is 2.54. The maximum absolute atomic E-state index is 12.1. The van der Waals surface area contributed by atoms with Gasteiger partial charge in [0.15, 0.2) is 0 Å². The van der Waals surface area contributed by atoms with Crippen molar-refractivity contribution in [3.63, 3.8) is 0 Å². The number of rotatable bonds is 8. The molecule has 118 valence electrons. The van der Waals surface area contributed by atoms with Crippen molar-refractivity contribution in [2.45, 2.75) is 37.5 Å². The van der Waals surface area contributed by atoms with Gasteiger partial charge in [-0.3, -0.25) is 0 Å². The summed E-state index contributed by atoms with van der Waals surface area (Å²) in [5.74, 6) is 0.647. The van der Waals surface area contributed by atoms with Crippen molar-refractivity contribution in [2.75, 3.05) is 23.8 Å². The highest BCUT2D eigenvalue weighted by Gasteiger charge is 2.35. The Morgan fingerprint density at radius 1 is 1.33 bits per heavy atom. The molecule has 1 aromatic carbocycles. The third-order valence-corrected chi connectivity index (χ3v) is 7.04. The van der Waals surface area contributed by atoms with E-state index in [9.17, 15) is 8.42 Å². The monoisotopic (exact) mass is 328 g/mol. The molecule has 1 aliphatic carbocycles. The first-order valence-electron chi connectivity index (χ1n) is 7.41.